The summed E-state index contributed by atoms with van der Waals surface area (Å²) >= 11 is 0. The van der Waals surface area contributed by atoms with Crippen molar-refractivity contribution in [3.63, 3.8) is 0 Å². The molecule has 0 aliphatic rings. The quantitative estimate of drug-likeness (QED) is 0.241. The Balaban J connectivity index is -0.0000000267. The molecule has 0 heterocycles. The van der Waals surface area contributed by atoms with E-state index in [1.54, 1.807) is 0 Å². The van der Waals surface area contributed by atoms with Gasteiger partial charge in [-0.3, -0.25) is 0 Å². The van der Waals surface area contributed by atoms with Gasteiger partial charge in [0.25, 0.3) is 0 Å². The van der Waals surface area contributed by atoms with Gasteiger partial charge in [0.05, 0.1) is 0 Å². The first-order valence-corrected chi connectivity index (χ1v) is 2.35. The molecule has 0 aromatic carbocycles. The van der Waals surface area contributed by atoms with E-state index < -0.39 is 7.82 Å². The third-order valence-electron chi connectivity index (χ3n) is 0. The number of phosphoric acid groups is 1. The Labute approximate surface area is 57.6 Å². The van der Waals surface area contributed by atoms with E-state index in [-0.39, 0.29) is 29.8 Å². The van der Waals surface area contributed by atoms with E-state index in [0.717, 1.165) is 0 Å². The van der Waals surface area contributed by atoms with Gasteiger partial charge in [-0.1, -0.05) is 0 Å². The van der Waals surface area contributed by atoms with Crippen LogP contribution in [0, 0.1) is 0 Å². The molecule has 0 fully saturated rings. The molecule has 0 radical (unpaired) electrons. The Morgan fingerprint density at radius 2 is 1.00 bits per heavy atom. The maximum absolute atomic E-state index is 8.88. The van der Waals surface area contributed by atoms with Crippen LogP contribution in [0.4, 0.5) is 0 Å². The molecule has 0 aromatic rings. The van der Waals surface area contributed by atoms with Gasteiger partial charge in [0, 0.05) is 0 Å². The number of hydrogen-bond acceptors (Lipinski definition) is 1. The van der Waals surface area contributed by atoms with Crippen LogP contribution in [0.5, 0.6) is 0 Å². The summed E-state index contributed by atoms with van der Waals surface area (Å²) in [4.78, 5) is 21.6. The van der Waals surface area contributed by atoms with Gasteiger partial charge in [-0.25, -0.2) is 4.57 Å². The Bertz CT molecular complexity index is 54.7. The van der Waals surface area contributed by atoms with Crippen molar-refractivity contribution in [1.29, 1.82) is 0 Å². The second-order valence-electron chi connectivity index (χ2n) is 0.513. The summed E-state index contributed by atoms with van der Waals surface area (Å²) < 4.78 is 8.88. The van der Waals surface area contributed by atoms with E-state index >= 15 is 0 Å². The fourth-order valence-corrected chi connectivity index (χ4v) is 0. The zero-order chi connectivity index (χ0) is 4.50. The maximum atomic E-state index is 8.88. The van der Waals surface area contributed by atoms with Crippen molar-refractivity contribution in [2.24, 2.45) is 0 Å². The Morgan fingerprint density at radius 3 is 1.00 bits per heavy atom. The topological polar surface area (TPSA) is 141 Å². The fourth-order valence-electron chi connectivity index (χ4n) is 0. The van der Waals surface area contributed by atoms with Gasteiger partial charge in [0.2, 0.25) is 0 Å². The predicted octanol–water partition coefficient (Wildman–Crippen LogP) is -3.23. The summed E-state index contributed by atoms with van der Waals surface area (Å²) in [5.74, 6) is 0. The molecule has 0 saturated heterocycles. The monoisotopic (exact) mass is 142 g/mol. The Morgan fingerprint density at radius 1 is 1.00 bits per heavy atom. The van der Waals surface area contributed by atoms with Crippen LogP contribution in [-0.4, -0.2) is 44.5 Å². The molecule has 8 heavy (non-hydrogen) atoms. The van der Waals surface area contributed by atoms with Crippen molar-refractivity contribution < 1.29 is 30.2 Å². The van der Waals surface area contributed by atoms with E-state index in [9.17, 15) is 0 Å². The summed E-state index contributed by atoms with van der Waals surface area (Å²) in [5.41, 5.74) is 0. The molecule has 0 unspecified atom stereocenters. The summed E-state index contributed by atoms with van der Waals surface area (Å²) in [6, 6.07) is 0. The number of rotatable bonds is 0. The van der Waals surface area contributed by atoms with Crippen molar-refractivity contribution in [3.05, 3.63) is 0 Å². The second-order valence-corrected chi connectivity index (χ2v) is 1.54. The van der Waals surface area contributed by atoms with Crippen LogP contribution < -0.4 is 0 Å². The van der Waals surface area contributed by atoms with Crippen molar-refractivity contribution >= 4 is 26.7 Å². The average Bonchev–Trinajstić information content (AvgIpc) is 0.722. The normalized spacial score (nSPS) is 7.38. The first-order valence-electron chi connectivity index (χ1n) is 0.783. The molecule has 0 atom stereocenters. The van der Waals surface area contributed by atoms with Crippen LogP contribution in [0.1, 0.15) is 0 Å². The summed E-state index contributed by atoms with van der Waals surface area (Å²) in [7, 11) is -4.64. The van der Waals surface area contributed by atoms with Crippen LogP contribution in [0.15, 0.2) is 0 Å². The van der Waals surface area contributed by atoms with E-state index in [0.29, 0.717) is 0 Å². The third-order valence-corrected chi connectivity index (χ3v) is 0. The summed E-state index contributed by atoms with van der Waals surface area (Å²) in [6.07, 6.45) is 0. The molecule has 0 rings (SSSR count). The van der Waals surface area contributed by atoms with Crippen LogP contribution in [-0.2, 0) is 4.57 Å². The minimum atomic E-state index is -4.64. The standard InChI is InChI=1S/Li.H3O4P.2H2O.H/c;1-5(2,3)4;;;/h;(H3,1,2,3,4);2*1H2;. The zero-order valence-corrected chi connectivity index (χ0v) is 4.09. The molecular weight excluding hydrogens is 134 g/mol. The van der Waals surface area contributed by atoms with Gasteiger partial charge >= 0.3 is 26.7 Å². The molecule has 0 saturated carbocycles. The molecule has 7 N–H and O–H groups in total. The predicted molar refractivity (Wildman–Crippen MR) is 28.6 cm³/mol. The fraction of sp³-hybridized carbons (Fsp3) is 0. The SMILES string of the molecule is O.O.O=P(O)(O)O.[LiH]. The first-order chi connectivity index (χ1) is 2.00. The number of hydrogen-bond donors (Lipinski definition) is 3. The van der Waals surface area contributed by atoms with E-state index in [2.05, 4.69) is 0 Å². The first kappa shape index (κ1) is 23.4. The van der Waals surface area contributed by atoms with Crippen LogP contribution in [0.3, 0.4) is 0 Å². The average molecular weight is 142 g/mol. The second kappa shape index (κ2) is 7.63. The third kappa shape index (κ3) is 533. The van der Waals surface area contributed by atoms with Crippen molar-refractivity contribution in [2.75, 3.05) is 0 Å². The van der Waals surface area contributed by atoms with Crippen LogP contribution in [0.25, 0.3) is 0 Å². The molecule has 0 bridgehead atoms. The molecule has 6 nitrogen and oxygen atoms in total. The van der Waals surface area contributed by atoms with Crippen LogP contribution >= 0.6 is 7.82 Å². The van der Waals surface area contributed by atoms with E-state index in [1.807, 2.05) is 0 Å². The van der Waals surface area contributed by atoms with Gasteiger partial charge in [0.15, 0.2) is 0 Å². The Hall–Kier alpha value is 0.627. The molecule has 50 valence electrons. The van der Waals surface area contributed by atoms with Crippen LogP contribution in [0.2, 0.25) is 0 Å². The summed E-state index contributed by atoms with van der Waals surface area (Å²) in [5, 5.41) is 0. The van der Waals surface area contributed by atoms with Gasteiger partial charge in [-0.2, -0.15) is 0 Å². The van der Waals surface area contributed by atoms with Crippen molar-refractivity contribution in [2.45, 2.75) is 0 Å². The van der Waals surface area contributed by atoms with Gasteiger partial charge in [-0.15, -0.1) is 0 Å². The molecule has 0 aromatic heterocycles. The van der Waals surface area contributed by atoms with E-state index in [4.69, 9.17) is 19.2 Å². The van der Waals surface area contributed by atoms with Gasteiger partial charge in [-0.05, 0) is 0 Å². The Kier molecular flexibility index (Phi) is 22.3. The van der Waals surface area contributed by atoms with E-state index in [1.165, 1.54) is 0 Å². The van der Waals surface area contributed by atoms with Crippen molar-refractivity contribution in [1.82, 2.24) is 0 Å². The summed E-state index contributed by atoms with van der Waals surface area (Å²) in [6.45, 7) is 0. The molecule has 0 aliphatic carbocycles. The minimum absolute atomic E-state index is 0. The molecule has 8 heteroatoms. The molecule has 0 amide bonds. The molecule has 0 aliphatic heterocycles. The zero-order valence-electron chi connectivity index (χ0n) is 3.20. The van der Waals surface area contributed by atoms with Gasteiger partial charge < -0.3 is 25.6 Å². The van der Waals surface area contributed by atoms with Crippen molar-refractivity contribution in [3.8, 4) is 0 Å². The van der Waals surface area contributed by atoms with Gasteiger partial charge in [0.1, 0.15) is 0 Å². The molecular formula is H8LiO6P. The molecule has 0 spiro atoms.